The fourth-order valence-electron chi connectivity index (χ4n) is 3.19. The Morgan fingerprint density at radius 1 is 1.28 bits per heavy atom. The first-order valence-electron chi connectivity index (χ1n) is 9.99. The number of hydrogen-bond donors (Lipinski definition) is 0. The van der Waals surface area contributed by atoms with E-state index in [9.17, 15) is 27.6 Å². The first-order valence-corrected chi connectivity index (χ1v) is 11.8. The summed E-state index contributed by atoms with van der Waals surface area (Å²) in [7, 11) is 0. The highest BCUT2D eigenvalue weighted by molar-refractivity contribution is 8.00. The van der Waals surface area contributed by atoms with Gasteiger partial charge in [0.2, 0.25) is 0 Å². The number of fused-ring (bicyclic) bond motifs is 1. The number of thiophene rings is 1. The zero-order chi connectivity index (χ0) is 23.8. The monoisotopic (exact) mass is 491 g/mol. The first-order chi connectivity index (χ1) is 14.8. The SMILES string of the molecule is Cc1c(C=NCC(=O)OC(C)(C)C)sc2c1c(=O)n(C1CC1)c(=O)n2CCSC(F)(F)F. The number of aryl methyl sites for hydroxylation is 2. The smallest absolute Gasteiger partial charge is 0.441 e. The van der Waals surface area contributed by atoms with Crippen molar-refractivity contribution in [2.24, 2.45) is 4.99 Å². The van der Waals surface area contributed by atoms with Crippen molar-refractivity contribution in [1.29, 1.82) is 0 Å². The number of aromatic nitrogens is 2. The molecule has 3 rings (SSSR count). The Bertz CT molecular complexity index is 1170. The molecule has 176 valence electrons. The number of carbonyl (C=O) groups is 1. The number of ether oxygens (including phenoxy) is 1. The second-order valence-electron chi connectivity index (χ2n) is 8.46. The van der Waals surface area contributed by atoms with Crippen LogP contribution in [-0.2, 0) is 16.1 Å². The summed E-state index contributed by atoms with van der Waals surface area (Å²) in [5.41, 5.74) is -5.49. The van der Waals surface area contributed by atoms with Crippen molar-refractivity contribution in [3.05, 3.63) is 31.3 Å². The predicted octanol–water partition coefficient (Wildman–Crippen LogP) is 3.88. The Kier molecular flexibility index (Phi) is 6.94. The average molecular weight is 492 g/mol. The van der Waals surface area contributed by atoms with Gasteiger partial charge in [-0.15, -0.1) is 11.3 Å². The molecule has 0 unspecified atom stereocenters. The topological polar surface area (TPSA) is 82.7 Å². The third-order valence-electron chi connectivity index (χ3n) is 4.62. The highest BCUT2D eigenvalue weighted by Gasteiger charge is 2.31. The van der Waals surface area contributed by atoms with Crippen LogP contribution in [-0.4, -0.2) is 44.7 Å². The second-order valence-corrected chi connectivity index (χ2v) is 10.7. The zero-order valence-corrected chi connectivity index (χ0v) is 19.7. The van der Waals surface area contributed by atoms with Crippen molar-refractivity contribution in [2.45, 2.75) is 64.2 Å². The molecule has 12 heteroatoms. The van der Waals surface area contributed by atoms with Crippen LogP contribution in [0.25, 0.3) is 10.2 Å². The normalized spacial score (nSPS) is 15.1. The van der Waals surface area contributed by atoms with Crippen molar-refractivity contribution in [2.75, 3.05) is 12.3 Å². The summed E-state index contributed by atoms with van der Waals surface area (Å²) in [5.74, 6) is -0.856. The molecule has 0 N–H and O–H groups in total. The van der Waals surface area contributed by atoms with Crippen LogP contribution in [0.2, 0.25) is 0 Å². The van der Waals surface area contributed by atoms with Crippen LogP contribution in [0, 0.1) is 6.92 Å². The van der Waals surface area contributed by atoms with Gasteiger partial charge in [-0.2, -0.15) is 13.2 Å². The zero-order valence-electron chi connectivity index (χ0n) is 18.1. The van der Waals surface area contributed by atoms with Crippen LogP contribution in [0.3, 0.4) is 0 Å². The molecule has 1 aliphatic carbocycles. The maximum absolute atomic E-state index is 13.0. The molecule has 7 nitrogen and oxygen atoms in total. The van der Waals surface area contributed by atoms with Gasteiger partial charge < -0.3 is 4.74 Å². The molecule has 1 saturated carbocycles. The summed E-state index contributed by atoms with van der Waals surface area (Å²) in [6.07, 6.45) is 2.81. The Hall–Kier alpha value is -2.08. The summed E-state index contributed by atoms with van der Waals surface area (Å²) in [6.45, 7) is 6.53. The molecule has 2 aromatic heterocycles. The fraction of sp³-hybridized carbons (Fsp3) is 0.600. The minimum absolute atomic E-state index is 0.180. The Labute approximate surface area is 190 Å². The third-order valence-corrected chi connectivity index (χ3v) is 6.58. The number of aliphatic imine (C=N–C) groups is 1. The Balaban J connectivity index is 1.98. The molecule has 0 bridgehead atoms. The average Bonchev–Trinajstić information content (AvgIpc) is 3.40. The molecule has 2 heterocycles. The maximum Gasteiger partial charge on any atom is 0.441 e. The van der Waals surface area contributed by atoms with Gasteiger partial charge in [-0.1, -0.05) is 0 Å². The van der Waals surface area contributed by atoms with E-state index < -0.39 is 28.3 Å². The van der Waals surface area contributed by atoms with Gasteiger partial charge in [0.15, 0.2) is 0 Å². The lowest BCUT2D eigenvalue weighted by Crippen LogP contribution is -2.39. The van der Waals surface area contributed by atoms with Gasteiger partial charge in [-0.25, -0.2) is 4.79 Å². The maximum atomic E-state index is 13.0. The molecule has 0 radical (unpaired) electrons. The van der Waals surface area contributed by atoms with Crippen LogP contribution < -0.4 is 11.2 Å². The van der Waals surface area contributed by atoms with Crippen LogP contribution in [0.1, 0.15) is 50.1 Å². The molecule has 1 aliphatic rings. The molecule has 0 atom stereocenters. The molecule has 0 amide bonds. The van der Waals surface area contributed by atoms with Crippen molar-refractivity contribution >= 4 is 45.5 Å². The highest BCUT2D eigenvalue weighted by atomic mass is 32.2. The van der Waals surface area contributed by atoms with Gasteiger partial charge in [0.25, 0.3) is 5.56 Å². The number of hydrogen-bond acceptors (Lipinski definition) is 7. The van der Waals surface area contributed by atoms with E-state index in [1.165, 1.54) is 10.8 Å². The van der Waals surface area contributed by atoms with Gasteiger partial charge in [-0.3, -0.25) is 23.7 Å². The predicted molar refractivity (Wildman–Crippen MR) is 120 cm³/mol. The van der Waals surface area contributed by atoms with Gasteiger partial charge in [0.05, 0.1) is 10.3 Å². The molecule has 0 aliphatic heterocycles. The molecule has 0 saturated heterocycles. The van der Waals surface area contributed by atoms with E-state index >= 15 is 0 Å². The van der Waals surface area contributed by atoms with E-state index in [-0.39, 0.29) is 36.6 Å². The van der Waals surface area contributed by atoms with Gasteiger partial charge in [0.1, 0.15) is 17.0 Å². The van der Waals surface area contributed by atoms with Crippen molar-refractivity contribution in [3.8, 4) is 0 Å². The first kappa shape index (κ1) is 24.6. The minimum atomic E-state index is -4.40. The molecule has 2 aromatic rings. The van der Waals surface area contributed by atoms with E-state index in [1.54, 1.807) is 27.7 Å². The lowest BCUT2D eigenvalue weighted by atomic mass is 10.2. The van der Waals surface area contributed by atoms with Gasteiger partial charge >= 0.3 is 17.2 Å². The number of carbonyl (C=O) groups excluding carboxylic acids is 1. The molecular weight excluding hydrogens is 467 g/mol. The van der Waals surface area contributed by atoms with Crippen LogP contribution in [0.15, 0.2) is 14.6 Å². The standard InChI is InChI=1S/C20H24F3N3O4S2/c1-11-13(9-24-10-14(27)30-19(2,3)4)32-17-15(11)16(28)26(12-5-6-12)18(29)25(17)7-8-31-20(21,22)23/h9,12H,5-8,10H2,1-4H3. The number of rotatable bonds is 7. The van der Waals surface area contributed by atoms with E-state index in [2.05, 4.69) is 4.99 Å². The lowest BCUT2D eigenvalue weighted by molar-refractivity contribution is -0.152. The number of thioether (sulfide) groups is 1. The highest BCUT2D eigenvalue weighted by Crippen LogP contribution is 2.34. The Morgan fingerprint density at radius 3 is 2.50 bits per heavy atom. The van der Waals surface area contributed by atoms with Crippen LogP contribution >= 0.6 is 23.1 Å². The van der Waals surface area contributed by atoms with E-state index in [1.807, 2.05) is 0 Å². The number of nitrogens with zero attached hydrogens (tertiary/aromatic N) is 3. The summed E-state index contributed by atoms with van der Waals surface area (Å²) < 4.78 is 45.4. The number of halogens is 3. The van der Waals surface area contributed by atoms with Crippen LogP contribution in [0.4, 0.5) is 13.2 Å². The number of esters is 1. The largest absolute Gasteiger partial charge is 0.459 e. The summed E-state index contributed by atoms with van der Waals surface area (Å²) in [5, 5.41) is 0.303. The molecule has 0 aromatic carbocycles. The van der Waals surface area contributed by atoms with Crippen molar-refractivity contribution in [3.63, 3.8) is 0 Å². The quantitative estimate of drug-likeness (QED) is 0.434. The van der Waals surface area contributed by atoms with Gasteiger partial charge in [0, 0.05) is 24.6 Å². The van der Waals surface area contributed by atoms with E-state index in [4.69, 9.17) is 4.74 Å². The molecule has 0 spiro atoms. The van der Waals surface area contributed by atoms with Crippen molar-refractivity contribution < 1.29 is 22.7 Å². The molecule has 1 fully saturated rings. The fourth-order valence-corrected chi connectivity index (χ4v) is 4.90. The van der Waals surface area contributed by atoms with Crippen molar-refractivity contribution in [1.82, 2.24) is 9.13 Å². The summed E-state index contributed by atoms with van der Waals surface area (Å²) >= 11 is 0.892. The minimum Gasteiger partial charge on any atom is -0.459 e. The molecule has 32 heavy (non-hydrogen) atoms. The second kappa shape index (κ2) is 9.05. The molecular formula is C20H24F3N3O4S2. The summed E-state index contributed by atoms with van der Waals surface area (Å²) in [6, 6.07) is -0.218. The van der Waals surface area contributed by atoms with Gasteiger partial charge in [-0.05, 0) is 57.9 Å². The Morgan fingerprint density at radius 2 is 1.94 bits per heavy atom. The number of alkyl halides is 3. The summed E-state index contributed by atoms with van der Waals surface area (Å²) in [4.78, 5) is 42.8. The lowest BCUT2D eigenvalue weighted by Gasteiger charge is -2.18. The third kappa shape index (κ3) is 5.83. The van der Waals surface area contributed by atoms with E-state index in [0.29, 0.717) is 33.5 Å². The van der Waals surface area contributed by atoms with E-state index in [0.717, 1.165) is 15.9 Å². The van der Waals surface area contributed by atoms with Crippen LogP contribution in [0.5, 0.6) is 0 Å².